The second-order valence-corrected chi connectivity index (χ2v) is 5.91. The molecular formula is C18H16N2O3S. The van der Waals surface area contributed by atoms with Gasteiger partial charge in [0.05, 0.1) is 19.9 Å². The number of hydrogen-bond donors (Lipinski definition) is 1. The summed E-state index contributed by atoms with van der Waals surface area (Å²) in [6.45, 7) is 0. The average molecular weight is 340 g/mol. The summed E-state index contributed by atoms with van der Waals surface area (Å²) in [5.41, 5.74) is 8.43. The molecule has 0 aliphatic rings. The molecule has 2 aromatic carbocycles. The van der Waals surface area contributed by atoms with Gasteiger partial charge in [-0.15, -0.1) is 11.3 Å². The summed E-state index contributed by atoms with van der Waals surface area (Å²) in [7, 11) is 3.20. The van der Waals surface area contributed by atoms with Crippen LogP contribution in [0, 0.1) is 0 Å². The number of rotatable bonds is 5. The van der Waals surface area contributed by atoms with Crippen molar-refractivity contribution in [2.45, 2.75) is 0 Å². The average Bonchev–Trinajstić information content (AvgIpc) is 3.11. The van der Waals surface area contributed by atoms with Crippen LogP contribution < -0.4 is 15.2 Å². The molecule has 0 bridgehead atoms. The Hall–Kier alpha value is -2.86. The van der Waals surface area contributed by atoms with Crippen LogP contribution in [0.15, 0.2) is 47.8 Å². The summed E-state index contributed by atoms with van der Waals surface area (Å²) >= 11 is 1.51. The molecule has 3 aromatic rings. The molecule has 0 unspecified atom stereocenters. The van der Waals surface area contributed by atoms with Crippen LogP contribution in [0.5, 0.6) is 11.5 Å². The van der Waals surface area contributed by atoms with E-state index in [2.05, 4.69) is 4.98 Å². The second kappa shape index (κ2) is 6.72. The maximum Gasteiger partial charge on any atom is 0.248 e. The van der Waals surface area contributed by atoms with E-state index in [9.17, 15) is 4.79 Å². The molecule has 1 aromatic heterocycles. The Labute approximate surface area is 143 Å². The highest BCUT2D eigenvalue weighted by Gasteiger charge is 2.11. The van der Waals surface area contributed by atoms with E-state index in [0.29, 0.717) is 17.1 Å². The molecule has 0 aliphatic carbocycles. The van der Waals surface area contributed by atoms with Crippen molar-refractivity contribution < 1.29 is 14.3 Å². The summed E-state index contributed by atoms with van der Waals surface area (Å²) in [6.07, 6.45) is 0. The van der Waals surface area contributed by atoms with E-state index in [4.69, 9.17) is 15.2 Å². The van der Waals surface area contributed by atoms with E-state index >= 15 is 0 Å². The molecule has 0 saturated carbocycles. The van der Waals surface area contributed by atoms with Crippen LogP contribution >= 0.6 is 11.3 Å². The number of ether oxygens (including phenoxy) is 2. The minimum atomic E-state index is -0.450. The van der Waals surface area contributed by atoms with Crippen molar-refractivity contribution in [3.05, 3.63) is 53.4 Å². The normalized spacial score (nSPS) is 10.4. The van der Waals surface area contributed by atoms with Crippen molar-refractivity contribution in [2.75, 3.05) is 14.2 Å². The predicted octanol–water partition coefficient (Wildman–Crippen LogP) is 3.59. The molecule has 0 spiro atoms. The van der Waals surface area contributed by atoms with Crippen molar-refractivity contribution in [1.29, 1.82) is 0 Å². The molecule has 3 rings (SSSR count). The molecule has 0 atom stereocenters. The minimum absolute atomic E-state index is 0.450. The SMILES string of the molecule is COc1ccc(-c2csc(-c3cccc(C(N)=O)c3)n2)cc1OC. The fraction of sp³-hybridized carbons (Fsp3) is 0.111. The first kappa shape index (κ1) is 16.0. The lowest BCUT2D eigenvalue weighted by Gasteiger charge is -2.08. The van der Waals surface area contributed by atoms with Crippen LogP contribution in [0.3, 0.4) is 0 Å². The number of hydrogen-bond acceptors (Lipinski definition) is 5. The molecule has 5 nitrogen and oxygen atoms in total. The van der Waals surface area contributed by atoms with Crippen LogP contribution in [-0.4, -0.2) is 25.1 Å². The molecule has 122 valence electrons. The smallest absolute Gasteiger partial charge is 0.248 e. The third-order valence-corrected chi connectivity index (χ3v) is 4.47. The topological polar surface area (TPSA) is 74.4 Å². The van der Waals surface area contributed by atoms with Crippen molar-refractivity contribution in [3.8, 4) is 33.3 Å². The molecule has 24 heavy (non-hydrogen) atoms. The van der Waals surface area contributed by atoms with E-state index in [-0.39, 0.29) is 0 Å². The third kappa shape index (κ3) is 3.09. The fourth-order valence-corrected chi connectivity index (χ4v) is 3.17. The molecule has 0 aliphatic heterocycles. The van der Waals surface area contributed by atoms with Crippen LogP contribution in [0.2, 0.25) is 0 Å². The predicted molar refractivity (Wildman–Crippen MR) is 94.6 cm³/mol. The maximum absolute atomic E-state index is 11.3. The molecule has 1 amide bonds. The summed E-state index contributed by atoms with van der Waals surface area (Å²) < 4.78 is 10.6. The van der Waals surface area contributed by atoms with E-state index in [0.717, 1.165) is 21.8 Å². The summed E-state index contributed by atoms with van der Waals surface area (Å²) in [6, 6.07) is 12.8. The molecule has 6 heteroatoms. The van der Waals surface area contributed by atoms with Gasteiger partial charge in [0.2, 0.25) is 5.91 Å². The summed E-state index contributed by atoms with van der Waals surface area (Å²) in [5, 5.41) is 2.79. The van der Waals surface area contributed by atoms with Gasteiger partial charge in [-0.2, -0.15) is 0 Å². The molecular weight excluding hydrogens is 324 g/mol. The number of primary amides is 1. The Morgan fingerprint density at radius 1 is 1.04 bits per heavy atom. The second-order valence-electron chi connectivity index (χ2n) is 5.05. The first-order valence-electron chi connectivity index (χ1n) is 7.20. The fourth-order valence-electron chi connectivity index (χ4n) is 2.34. The highest BCUT2D eigenvalue weighted by molar-refractivity contribution is 7.13. The first-order chi connectivity index (χ1) is 11.6. The lowest BCUT2D eigenvalue weighted by Crippen LogP contribution is -2.10. The number of carbonyl (C=O) groups is 1. The standard InChI is InChI=1S/C18H16N2O3S/c1-22-15-7-6-11(9-16(15)23-2)14-10-24-18(20-14)13-5-3-4-12(8-13)17(19)21/h3-10H,1-2H3,(H2,19,21). The van der Waals surface area contributed by atoms with Gasteiger partial charge in [0, 0.05) is 22.1 Å². The maximum atomic E-state index is 11.3. The van der Waals surface area contributed by atoms with Gasteiger partial charge in [0.1, 0.15) is 5.01 Å². The number of amides is 1. The van der Waals surface area contributed by atoms with Crippen molar-refractivity contribution in [1.82, 2.24) is 4.98 Å². The van der Waals surface area contributed by atoms with Gasteiger partial charge >= 0.3 is 0 Å². The molecule has 0 saturated heterocycles. The van der Waals surface area contributed by atoms with E-state index in [1.807, 2.05) is 29.6 Å². The zero-order chi connectivity index (χ0) is 17.1. The Morgan fingerprint density at radius 2 is 1.83 bits per heavy atom. The number of aromatic nitrogens is 1. The molecule has 0 radical (unpaired) electrons. The van der Waals surface area contributed by atoms with Crippen LogP contribution in [0.1, 0.15) is 10.4 Å². The van der Waals surface area contributed by atoms with E-state index in [1.54, 1.807) is 32.4 Å². The summed E-state index contributed by atoms with van der Waals surface area (Å²) in [4.78, 5) is 16.0. The summed E-state index contributed by atoms with van der Waals surface area (Å²) in [5.74, 6) is 0.875. The zero-order valence-corrected chi connectivity index (χ0v) is 14.1. The quantitative estimate of drug-likeness (QED) is 0.770. The van der Waals surface area contributed by atoms with Gasteiger partial charge in [0.25, 0.3) is 0 Å². The highest BCUT2D eigenvalue weighted by Crippen LogP contribution is 2.34. The van der Waals surface area contributed by atoms with Gasteiger partial charge in [-0.1, -0.05) is 12.1 Å². The van der Waals surface area contributed by atoms with Crippen molar-refractivity contribution in [2.24, 2.45) is 5.73 Å². The van der Waals surface area contributed by atoms with Gasteiger partial charge < -0.3 is 15.2 Å². The first-order valence-corrected chi connectivity index (χ1v) is 8.08. The van der Waals surface area contributed by atoms with Crippen LogP contribution in [0.25, 0.3) is 21.8 Å². The molecule has 2 N–H and O–H groups in total. The zero-order valence-electron chi connectivity index (χ0n) is 13.3. The highest BCUT2D eigenvalue weighted by atomic mass is 32.1. The van der Waals surface area contributed by atoms with Gasteiger partial charge in [0.15, 0.2) is 11.5 Å². The van der Waals surface area contributed by atoms with Crippen molar-refractivity contribution >= 4 is 17.2 Å². The molecule has 0 fully saturated rings. The number of nitrogens with zero attached hydrogens (tertiary/aromatic N) is 1. The van der Waals surface area contributed by atoms with Crippen LogP contribution in [0.4, 0.5) is 0 Å². The van der Waals surface area contributed by atoms with Crippen LogP contribution in [-0.2, 0) is 0 Å². The van der Waals surface area contributed by atoms with E-state index in [1.165, 1.54) is 11.3 Å². The Balaban J connectivity index is 1.96. The van der Waals surface area contributed by atoms with Gasteiger partial charge in [-0.3, -0.25) is 4.79 Å². The third-order valence-electron chi connectivity index (χ3n) is 3.58. The Morgan fingerprint density at radius 3 is 2.54 bits per heavy atom. The van der Waals surface area contributed by atoms with Crippen molar-refractivity contribution in [3.63, 3.8) is 0 Å². The monoisotopic (exact) mass is 340 g/mol. The van der Waals surface area contributed by atoms with Gasteiger partial charge in [-0.05, 0) is 30.3 Å². The van der Waals surface area contributed by atoms with E-state index < -0.39 is 5.91 Å². The molecule has 1 heterocycles. The number of thiazole rings is 1. The lowest BCUT2D eigenvalue weighted by atomic mass is 10.1. The lowest BCUT2D eigenvalue weighted by molar-refractivity contribution is 0.100. The Bertz CT molecular complexity index is 889. The van der Waals surface area contributed by atoms with Gasteiger partial charge in [-0.25, -0.2) is 4.98 Å². The Kier molecular flexibility index (Phi) is 4.48. The number of nitrogens with two attached hydrogens (primary N) is 1. The number of carbonyl (C=O) groups excluding carboxylic acids is 1. The number of benzene rings is 2. The minimum Gasteiger partial charge on any atom is -0.493 e. The largest absolute Gasteiger partial charge is 0.493 e. The number of methoxy groups -OCH3 is 2.